The van der Waals surface area contributed by atoms with Gasteiger partial charge in [-0.25, -0.2) is 4.98 Å². The molecule has 2 aliphatic rings. The maximum atomic E-state index is 4.42. The lowest BCUT2D eigenvalue weighted by Crippen LogP contribution is -2.56. The Labute approximate surface area is 121 Å². The van der Waals surface area contributed by atoms with Crippen molar-refractivity contribution in [3.63, 3.8) is 0 Å². The standard InChI is InChI=1S/C15H27N5/c1-15(2,3)20-6-4-19(5-7-20)10-12-8-13-14(9-16-12)18-11-17-13/h11-12,16H,4-10H2,1-3H3,(H,17,18). The molecule has 1 unspecified atom stereocenters. The normalized spacial score (nSPS) is 25.6. The number of imidazole rings is 1. The van der Waals surface area contributed by atoms with Crippen molar-refractivity contribution in [1.82, 2.24) is 25.1 Å². The van der Waals surface area contributed by atoms with E-state index >= 15 is 0 Å². The van der Waals surface area contributed by atoms with Crippen molar-refractivity contribution in [3.8, 4) is 0 Å². The number of hydrogen-bond acceptors (Lipinski definition) is 4. The summed E-state index contributed by atoms with van der Waals surface area (Å²) in [4.78, 5) is 12.8. The fourth-order valence-electron chi connectivity index (χ4n) is 3.27. The molecule has 1 fully saturated rings. The van der Waals surface area contributed by atoms with Gasteiger partial charge in [-0.15, -0.1) is 0 Å². The third-order valence-electron chi connectivity index (χ3n) is 4.61. The Morgan fingerprint density at radius 1 is 1.25 bits per heavy atom. The lowest BCUT2D eigenvalue weighted by atomic mass is 10.0. The third-order valence-corrected chi connectivity index (χ3v) is 4.61. The van der Waals surface area contributed by atoms with Crippen molar-refractivity contribution in [2.45, 2.75) is 45.3 Å². The van der Waals surface area contributed by atoms with Gasteiger partial charge in [-0.3, -0.25) is 9.80 Å². The number of piperazine rings is 1. The quantitative estimate of drug-likeness (QED) is 0.841. The van der Waals surface area contributed by atoms with Crippen molar-refractivity contribution in [3.05, 3.63) is 17.7 Å². The predicted molar refractivity (Wildman–Crippen MR) is 80.7 cm³/mol. The Bertz CT molecular complexity index is 439. The Morgan fingerprint density at radius 2 is 2.00 bits per heavy atom. The van der Waals surface area contributed by atoms with Crippen LogP contribution in [0.4, 0.5) is 0 Å². The third kappa shape index (κ3) is 3.05. The minimum Gasteiger partial charge on any atom is -0.347 e. The topological polar surface area (TPSA) is 47.2 Å². The van der Waals surface area contributed by atoms with E-state index < -0.39 is 0 Å². The van der Waals surface area contributed by atoms with E-state index in [4.69, 9.17) is 0 Å². The first-order valence-corrected chi connectivity index (χ1v) is 7.74. The molecular weight excluding hydrogens is 250 g/mol. The van der Waals surface area contributed by atoms with Gasteiger partial charge in [0.25, 0.3) is 0 Å². The van der Waals surface area contributed by atoms with Gasteiger partial charge >= 0.3 is 0 Å². The van der Waals surface area contributed by atoms with Crippen LogP contribution in [0.5, 0.6) is 0 Å². The van der Waals surface area contributed by atoms with E-state index in [-0.39, 0.29) is 0 Å². The smallest absolute Gasteiger partial charge is 0.0925 e. The van der Waals surface area contributed by atoms with Gasteiger partial charge in [0.15, 0.2) is 0 Å². The summed E-state index contributed by atoms with van der Waals surface area (Å²) >= 11 is 0. The summed E-state index contributed by atoms with van der Waals surface area (Å²) in [6, 6.07) is 0.548. The minimum absolute atomic E-state index is 0.305. The van der Waals surface area contributed by atoms with Crippen LogP contribution in [0.25, 0.3) is 0 Å². The molecule has 0 amide bonds. The first-order valence-electron chi connectivity index (χ1n) is 7.74. The molecule has 0 bridgehead atoms. The van der Waals surface area contributed by atoms with Crippen molar-refractivity contribution < 1.29 is 0 Å². The summed E-state index contributed by atoms with van der Waals surface area (Å²) < 4.78 is 0. The predicted octanol–water partition coefficient (Wildman–Crippen LogP) is 0.840. The summed E-state index contributed by atoms with van der Waals surface area (Å²) in [6.45, 7) is 13.7. The molecule has 0 radical (unpaired) electrons. The molecule has 0 spiro atoms. The number of aromatic nitrogens is 2. The average molecular weight is 277 g/mol. The van der Waals surface area contributed by atoms with Crippen LogP contribution in [-0.4, -0.2) is 64.1 Å². The Hall–Kier alpha value is -0.910. The van der Waals surface area contributed by atoms with Gasteiger partial charge < -0.3 is 10.3 Å². The summed E-state index contributed by atoms with van der Waals surface area (Å²) in [5, 5.41) is 3.62. The zero-order valence-corrected chi connectivity index (χ0v) is 12.9. The van der Waals surface area contributed by atoms with E-state index in [1.807, 2.05) is 6.33 Å². The zero-order chi connectivity index (χ0) is 14.2. The maximum Gasteiger partial charge on any atom is 0.0925 e. The van der Waals surface area contributed by atoms with Crippen molar-refractivity contribution in [2.75, 3.05) is 32.7 Å². The molecule has 5 heteroatoms. The van der Waals surface area contributed by atoms with Crippen molar-refractivity contribution >= 4 is 0 Å². The molecule has 2 aliphatic heterocycles. The highest BCUT2D eigenvalue weighted by atomic mass is 15.3. The second-order valence-electron chi connectivity index (χ2n) is 7.07. The molecule has 2 N–H and O–H groups in total. The molecule has 1 saturated heterocycles. The number of nitrogens with zero attached hydrogens (tertiary/aromatic N) is 3. The highest BCUT2D eigenvalue weighted by Crippen LogP contribution is 2.17. The van der Waals surface area contributed by atoms with Crippen LogP contribution in [0.1, 0.15) is 32.2 Å². The molecule has 3 rings (SSSR count). The lowest BCUT2D eigenvalue weighted by Gasteiger charge is -2.43. The monoisotopic (exact) mass is 277 g/mol. The summed E-state index contributed by atoms with van der Waals surface area (Å²) in [5.74, 6) is 0. The van der Waals surface area contributed by atoms with Crippen LogP contribution in [0, 0.1) is 0 Å². The Balaban J connectivity index is 1.49. The van der Waals surface area contributed by atoms with E-state index in [0.717, 1.165) is 19.5 Å². The number of rotatable bonds is 2. The molecule has 3 heterocycles. The number of H-pyrrole nitrogens is 1. The lowest BCUT2D eigenvalue weighted by molar-refractivity contribution is 0.0575. The van der Waals surface area contributed by atoms with Crippen LogP contribution in [-0.2, 0) is 13.0 Å². The van der Waals surface area contributed by atoms with Gasteiger partial charge in [0.1, 0.15) is 0 Å². The van der Waals surface area contributed by atoms with Crippen LogP contribution in [0.15, 0.2) is 6.33 Å². The Kier molecular flexibility index (Phi) is 3.84. The minimum atomic E-state index is 0.305. The maximum absolute atomic E-state index is 4.42. The van der Waals surface area contributed by atoms with E-state index in [1.165, 1.54) is 37.6 Å². The highest BCUT2D eigenvalue weighted by molar-refractivity contribution is 5.16. The largest absolute Gasteiger partial charge is 0.347 e. The van der Waals surface area contributed by atoms with Crippen LogP contribution in [0.2, 0.25) is 0 Å². The molecule has 1 aromatic heterocycles. The van der Waals surface area contributed by atoms with Gasteiger partial charge in [0, 0.05) is 57.3 Å². The second kappa shape index (κ2) is 5.47. The van der Waals surface area contributed by atoms with Crippen LogP contribution < -0.4 is 5.32 Å². The summed E-state index contributed by atoms with van der Waals surface area (Å²) in [7, 11) is 0. The fourth-order valence-corrected chi connectivity index (χ4v) is 3.27. The molecule has 5 nitrogen and oxygen atoms in total. The Morgan fingerprint density at radius 3 is 2.70 bits per heavy atom. The highest BCUT2D eigenvalue weighted by Gasteiger charge is 2.28. The SMILES string of the molecule is CC(C)(C)N1CCN(CC2Cc3nc[nH]c3CN2)CC1. The van der Waals surface area contributed by atoms with Crippen LogP contribution in [0.3, 0.4) is 0 Å². The second-order valence-corrected chi connectivity index (χ2v) is 7.07. The van der Waals surface area contributed by atoms with Gasteiger partial charge in [0.2, 0.25) is 0 Å². The van der Waals surface area contributed by atoms with Gasteiger partial charge in [-0.05, 0) is 20.8 Å². The van der Waals surface area contributed by atoms with Gasteiger partial charge in [-0.1, -0.05) is 0 Å². The van der Waals surface area contributed by atoms with Crippen molar-refractivity contribution in [2.24, 2.45) is 0 Å². The zero-order valence-electron chi connectivity index (χ0n) is 12.9. The first-order chi connectivity index (χ1) is 9.52. The average Bonchev–Trinajstić information content (AvgIpc) is 2.86. The summed E-state index contributed by atoms with van der Waals surface area (Å²) in [5.41, 5.74) is 2.82. The molecule has 0 saturated carbocycles. The number of fused-ring (bicyclic) bond motifs is 1. The number of hydrogen-bond donors (Lipinski definition) is 2. The summed E-state index contributed by atoms with van der Waals surface area (Å²) in [6.07, 6.45) is 2.87. The molecule has 0 aliphatic carbocycles. The fraction of sp³-hybridized carbons (Fsp3) is 0.800. The van der Waals surface area contributed by atoms with Crippen LogP contribution >= 0.6 is 0 Å². The number of aromatic amines is 1. The number of nitrogens with one attached hydrogen (secondary N) is 2. The van der Waals surface area contributed by atoms with E-state index in [1.54, 1.807) is 0 Å². The molecule has 112 valence electrons. The van der Waals surface area contributed by atoms with E-state index in [9.17, 15) is 0 Å². The molecule has 0 aromatic carbocycles. The molecule has 20 heavy (non-hydrogen) atoms. The van der Waals surface area contributed by atoms with Gasteiger partial charge in [-0.2, -0.15) is 0 Å². The van der Waals surface area contributed by atoms with Crippen molar-refractivity contribution in [1.29, 1.82) is 0 Å². The molecular formula is C15H27N5. The molecule has 1 aromatic rings. The van der Waals surface area contributed by atoms with E-state index in [2.05, 4.69) is 45.9 Å². The van der Waals surface area contributed by atoms with Gasteiger partial charge in [0.05, 0.1) is 17.7 Å². The molecule has 1 atom stereocenters. The van der Waals surface area contributed by atoms with E-state index in [0.29, 0.717) is 11.6 Å². The first kappa shape index (κ1) is 14.0.